The highest BCUT2D eigenvalue weighted by Gasteiger charge is 2.22. The van der Waals surface area contributed by atoms with Crippen LogP contribution in [0.1, 0.15) is 10.4 Å². The van der Waals surface area contributed by atoms with Crippen molar-refractivity contribution in [1.82, 2.24) is 0 Å². The molecule has 3 aromatic rings. The fourth-order valence-electron chi connectivity index (χ4n) is 2.73. The van der Waals surface area contributed by atoms with Crippen LogP contribution in [0.2, 0.25) is 0 Å². The summed E-state index contributed by atoms with van der Waals surface area (Å²) in [5, 5.41) is 5.28. The van der Waals surface area contributed by atoms with Gasteiger partial charge in [-0.25, -0.2) is 17.9 Å². The van der Waals surface area contributed by atoms with E-state index >= 15 is 4.39 Å². The number of carbonyl (C=O) groups excluding carboxylic acids is 1. The Morgan fingerprint density at radius 3 is 2.12 bits per heavy atom. The second-order valence-corrected chi connectivity index (χ2v) is 6.95. The molecule has 0 saturated heterocycles. The van der Waals surface area contributed by atoms with Crippen LogP contribution < -0.4 is 5.14 Å². The summed E-state index contributed by atoms with van der Waals surface area (Å²) >= 11 is 0. The van der Waals surface area contributed by atoms with Crippen molar-refractivity contribution in [3.05, 3.63) is 78.1 Å². The SMILES string of the molecule is NS(=O)(=O)c1ccccc1-c1c(-c2ccccc2)ccc(C=O)c1F. The molecule has 0 atom stereocenters. The van der Waals surface area contributed by atoms with Crippen LogP contribution in [0.25, 0.3) is 22.3 Å². The summed E-state index contributed by atoms with van der Waals surface area (Å²) in [6.45, 7) is 0. The molecule has 4 nitrogen and oxygen atoms in total. The van der Waals surface area contributed by atoms with Gasteiger partial charge in [0.1, 0.15) is 5.82 Å². The Labute approximate surface area is 144 Å². The molecule has 0 fully saturated rings. The highest BCUT2D eigenvalue weighted by molar-refractivity contribution is 7.89. The van der Waals surface area contributed by atoms with Gasteiger partial charge < -0.3 is 0 Å². The lowest BCUT2D eigenvalue weighted by Crippen LogP contribution is -2.14. The van der Waals surface area contributed by atoms with Crippen molar-refractivity contribution in [2.75, 3.05) is 0 Å². The van der Waals surface area contributed by atoms with Crippen LogP contribution in [0, 0.1) is 5.82 Å². The quantitative estimate of drug-likeness (QED) is 0.726. The summed E-state index contributed by atoms with van der Waals surface area (Å²) in [7, 11) is -4.07. The lowest BCUT2D eigenvalue weighted by molar-refractivity contribution is 0.112. The van der Waals surface area contributed by atoms with E-state index in [4.69, 9.17) is 5.14 Å². The zero-order valence-electron chi connectivity index (χ0n) is 13.0. The molecule has 25 heavy (non-hydrogen) atoms. The zero-order chi connectivity index (χ0) is 18.0. The second-order valence-electron chi connectivity index (χ2n) is 5.42. The molecule has 0 spiro atoms. The topological polar surface area (TPSA) is 77.2 Å². The fraction of sp³-hybridized carbons (Fsp3) is 0. The molecular weight excluding hydrogens is 341 g/mol. The first kappa shape index (κ1) is 17.0. The maximum Gasteiger partial charge on any atom is 0.238 e. The molecule has 0 amide bonds. The first-order valence-electron chi connectivity index (χ1n) is 7.39. The summed E-state index contributed by atoms with van der Waals surface area (Å²) in [5.74, 6) is -0.785. The van der Waals surface area contributed by atoms with E-state index in [0.717, 1.165) is 0 Å². The third-order valence-electron chi connectivity index (χ3n) is 3.85. The van der Waals surface area contributed by atoms with Crippen LogP contribution in [0.4, 0.5) is 4.39 Å². The van der Waals surface area contributed by atoms with Gasteiger partial charge in [-0.1, -0.05) is 54.6 Å². The molecule has 2 N–H and O–H groups in total. The van der Waals surface area contributed by atoms with Crippen molar-refractivity contribution in [1.29, 1.82) is 0 Å². The molecule has 0 bridgehead atoms. The highest BCUT2D eigenvalue weighted by Crippen LogP contribution is 2.38. The van der Waals surface area contributed by atoms with Gasteiger partial charge in [0.2, 0.25) is 10.0 Å². The molecule has 0 radical (unpaired) electrons. The van der Waals surface area contributed by atoms with E-state index in [-0.39, 0.29) is 21.6 Å². The molecule has 0 unspecified atom stereocenters. The Bertz CT molecular complexity index is 1050. The van der Waals surface area contributed by atoms with E-state index in [1.807, 2.05) is 6.07 Å². The van der Waals surface area contributed by atoms with Crippen molar-refractivity contribution in [2.45, 2.75) is 4.90 Å². The Balaban J connectivity index is 2.42. The number of benzene rings is 3. The number of hydrogen-bond acceptors (Lipinski definition) is 3. The maximum atomic E-state index is 15.0. The molecule has 6 heteroatoms. The minimum Gasteiger partial charge on any atom is -0.298 e. The summed E-state index contributed by atoms with van der Waals surface area (Å²) < 4.78 is 38.9. The van der Waals surface area contributed by atoms with Crippen LogP contribution in [0.15, 0.2) is 71.6 Å². The smallest absolute Gasteiger partial charge is 0.238 e. The van der Waals surface area contributed by atoms with Crippen LogP contribution >= 0.6 is 0 Å². The van der Waals surface area contributed by atoms with Gasteiger partial charge in [-0.05, 0) is 23.3 Å². The van der Waals surface area contributed by atoms with E-state index in [9.17, 15) is 13.2 Å². The molecule has 0 aliphatic carbocycles. The van der Waals surface area contributed by atoms with Crippen LogP contribution in [0.5, 0.6) is 0 Å². The van der Waals surface area contributed by atoms with E-state index in [1.54, 1.807) is 36.4 Å². The number of rotatable bonds is 4. The van der Waals surface area contributed by atoms with Gasteiger partial charge in [0.25, 0.3) is 0 Å². The number of primary sulfonamides is 1. The highest BCUT2D eigenvalue weighted by atomic mass is 32.2. The summed E-state index contributed by atoms with van der Waals surface area (Å²) in [6, 6.07) is 17.8. The molecule has 3 aromatic carbocycles. The second kappa shape index (κ2) is 6.58. The van der Waals surface area contributed by atoms with Crippen molar-refractivity contribution in [2.24, 2.45) is 5.14 Å². The van der Waals surface area contributed by atoms with Crippen molar-refractivity contribution in [3.8, 4) is 22.3 Å². The molecule has 0 aliphatic heterocycles. The monoisotopic (exact) mass is 355 g/mol. The van der Waals surface area contributed by atoms with Crippen LogP contribution in [0.3, 0.4) is 0 Å². The van der Waals surface area contributed by atoms with Crippen molar-refractivity contribution >= 4 is 16.3 Å². The number of sulfonamides is 1. The predicted molar refractivity (Wildman–Crippen MR) is 94.0 cm³/mol. The van der Waals surface area contributed by atoms with Gasteiger partial charge in [0, 0.05) is 11.1 Å². The summed E-state index contributed by atoms with van der Waals surface area (Å²) in [4.78, 5) is 11.0. The number of aldehydes is 1. The molecule has 126 valence electrons. The molecule has 0 aromatic heterocycles. The van der Waals surface area contributed by atoms with Crippen molar-refractivity contribution < 1.29 is 17.6 Å². The molecule has 0 aliphatic rings. The van der Waals surface area contributed by atoms with E-state index in [1.165, 1.54) is 24.3 Å². The number of hydrogen-bond donors (Lipinski definition) is 1. The van der Waals surface area contributed by atoms with E-state index in [0.29, 0.717) is 17.4 Å². The lowest BCUT2D eigenvalue weighted by Gasteiger charge is -2.15. The van der Waals surface area contributed by atoms with Gasteiger partial charge in [0.05, 0.1) is 10.5 Å². The zero-order valence-corrected chi connectivity index (χ0v) is 13.8. The standard InChI is InChI=1S/C19H14FNO3S/c20-19-14(12-22)10-11-15(13-6-2-1-3-7-13)18(19)16-8-4-5-9-17(16)25(21,23)24/h1-12H,(H2,21,23,24). The molecule has 0 heterocycles. The first-order valence-corrected chi connectivity index (χ1v) is 8.93. The minimum atomic E-state index is -4.07. The summed E-state index contributed by atoms with van der Waals surface area (Å²) in [6.07, 6.45) is 0.396. The van der Waals surface area contributed by atoms with Gasteiger partial charge in [-0.15, -0.1) is 0 Å². The van der Waals surface area contributed by atoms with Gasteiger partial charge >= 0.3 is 0 Å². The van der Waals surface area contributed by atoms with E-state index < -0.39 is 15.8 Å². The summed E-state index contributed by atoms with van der Waals surface area (Å²) in [5.41, 5.74) is 1.15. The van der Waals surface area contributed by atoms with Gasteiger partial charge in [0.15, 0.2) is 6.29 Å². The Morgan fingerprint density at radius 1 is 0.840 bits per heavy atom. The van der Waals surface area contributed by atoms with Crippen molar-refractivity contribution in [3.63, 3.8) is 0 Å². The largest absolute Gasteiger partial charge is 0.298 e. The lowest BCUT2D eigenvalue weighted by atomic mass is 9.92. The third kappa shape index (κ3) is 3.22. The third-order valence-corrected chi connectivity index (χ3v) is 4.82. The Morgan fingerprint density at radius 2 is 1.48 bits per heavy atom. The van der Waals surface area contributed by atoms with Crippen LogP contribution in [-0.2, 0) is 10.0 Å². The normalized spacial score (nSPS) is 11.3. The Kier molecular flexibility index (Phi) is 4.48. The fourth-order valence-corrected chi connectivity index (χ4v) is 3.47. The maximum absolute atomic E-state index is 15.0. The molecule has 3 rings (SSSR count). The number of halogens is 1. The Hall–Kier alpha value is -2.83. The first-order chi connectivity index (χ1) is 11.9. The minimum absolute atomic E-state index is 0.0282. The van der Waals surface area contributed by atoms with Gasteiger partial charge in [-0.3, -0.25) is 4.79 Å². The average Bonchev–Trinajstić information content (AvgIpc) is 2.61. The number of nitrogens with two attached hydrogens (primary N) is 1. The average molecular weight is 355 g/mol. The predicted octanol–water partition coefficient (Wildman–Crippen LogP) is 3.62. The van der Waals surface area contributed by atoms with Gasteiger partial charge in [-0.2, -0.15) is 0 Å². The van der Waals surface area contributed by atoms with E-state index in [2.05, 4.69) is 0 Å². The van der Waals surface area contributed by atoms with Crippen LogP contribution in [-0.4, -0.2) is 14.7 Å². The molecule has 0 saturated carbocycles. The molecular formula is C19H14FNO3S. The number of carbonyl (C=O) groups is 1.